The van der Waals surface area contributed by atoms with Gasteiger partial charge in [-0.2, -0.15) is 0 Å². The molecular formula is C12H24N4. The van der Waals surface area contributed by atoms with Crippen LogP contribution in [0.25, 0.3) is 0 Å². The van der Waals surface area contributed by atoms with Gasteiger partial charge in [0.25, 0.3) is 0 Å². The summed E-state index contributed by atoms with van der Waals surface area (Å²) < 4.78 is 0. The summed E-state index contributed by atoms with van der Waals surface area (Å²) in [5.41, 5.74) is 0. The van der Waals surface area contributed by atoms with Gasteiger partial charge in [-0.15, -0.1) is 0 Å². The molecule has 0 aromatic rings. The molecule has 0 spiro atoms. The van der Waals surface area contributed by atoms with Gasteiger partial charge in [0.2, 0.25) is 5.96 Å². The van der Waals surface area contributed by atoms with Crippen LogP contribution in [0.3, 0.4) is 0 Å². The van der Waals surface area contributed by atoms with Gasteiger partial charge in [0.15, 0.2) is 0 Å². The Morgan fingerprint density at radius 2 is 2.31 bits per heavy atom. The zero-order chi connectivity index (χ0) is 12.0. The summed E-state index contributed by atoms with van der Waals surface area (Å²) in [6.45, 7) is 8.94. The van der Waals surface area contributed by atoms with Crippen molar-refractivity contribution in [1.29, 1.82) is 5.41 Å². The fourth-order valence-corrected chi connectivity index (χ4v) is 2.23. The van der Waals surface area contributed by atoms with Crippen molar-refractivity contribution >= 4 is 12.7 Å². The second kappa shape index (κ2) is 6.63. The molecule has 0 aliphatic carbocycles. The lowest BCUT2D eigenvalue weighted by molar-refractivity contribution is 0.156. The predicted molar refractivity (Wildman–Crippen MR) is 69.4 cm³/mol. The third-order valence-corrected chi connectivity index (χ3v) is 3.39. The van der Waals surface area contributed by atoms with E-state index in [1.165, 1.54) is 25.8 Å². The Labute approximate surface area is 98.8 Å². The fourth-order valence-electron chi connectivity index (χ4n) is 2.23. The van der Waals surface area contributed by atoms with E-state index in [1.807, 2.05) is 11.9 Å². The van der Waals surface area contributed by atoms with Crippen molar-refractivity contribution in [2.75, 3.05) is 26.7 Å². The summed E-state index contributed by atoms with van der Waals surface area (Å²) in [6, 6.07) is 0.732. The van der Waals surface area contributed by atoms with Crippen molar-refractivity contribution < 1.29 is 0 Å². The zero-order valence-electron chi connectivity index (χ0n) is 10.6. The maximum atomic E-state index is 7.49. The molecular weight excluding hydrogens is 200 g/mol. The molecule has 0 aromatic carbocycles. The Kier molecular flexibility index (Phi) is 5.46. The van der Waals surface area contributed by atoms with E-state index in [9.17, 15) is 0 Å². The molecule has 1 N–H and O–H groups in total. The fraction of sp³-hybridized carbons (Fsp3) is 0.833. The van der Waals surface area contributed by atoms with Crippen LogP contribution in [0.1, 0.15) is 32.6 Å². The van der Waals surface area contributed by atoms with Crippen LogP contribution < -0.4 is 0 Å². The van der Waals surface area contributed by atoms with Crippen LogP contribution in [-0.4, -0.2) is 55.2 Å². The summed E-state index contributed by atoms with van der Waals surface area (Å²) in [5, 5.41) is 7.49. The minimum atomic E-state index is 0.270. The van der Waals surface area contributed by atoms with Gasteiger partial charge in [0.1, 0.15) is 0 Å². The van der Waals surface area contributed by atoms with Crippen molar-refractivity contribution in [3.8, 4) is 0 Å². The molecule has 0 bridgehead atoms. The maximum absolute atomic E-state index is 7.49. The van der Waals surface area contributed by atoms with E-state index in [0.29, 0.717) is 0 Å². The van der Waals surface area contributed by atoms with Gasteiger partial charge in [-0.1, -0.05) is 6.42 Å². The molecule has 4 heteroatoms. The third kappa shape index (κ3) is 3.93. The summed E-state index contributed by atoms with van der Waals surface area (Å²) in [5.74, 6) is 0.270. The first-order chi connectivity index (χ1) is 7.65. The molecule has 1 rings (SSSR count). The molecule has 1 aliphatic heterocycles. The average Bonchev–Trinajstić information content (AvgIpc) is 2.30. The van der Waals surface area contributed by atoms with Gasteiger partial charge in [-0.25, -0.2) is 4.99 Å². The van der Waals surface area contributed by atoms with Gasteiger partial charge in [-0.3, -0.25) is 5.41 Å². The van der Waals surface area contributed by atoms with Crippen molar-refractivity contribution in [1.82, 2.24) is 9.80 Å². The Morgan fingerprint density at radius 3 is 2.94 bits per heavy atom. The zero-order valence-corrected chi connectivity index (χ0v) is 10.6. The molecule has 1 fully saturated rings. The van der Waals surface area contributed by atoms with E-state index in [-0.39, 0.29) is 5.96 Å². The minimum absolute atomic E-state index is 0.270. The van der Waals surface area contributed by atoms with Crippen LogP contribution in [0.4, 0.5) is 0 Å². The summed E-state index contributed by atoms with van der Waals surface area (Å²) in [7, 11) is 1.90. The normalized spacial score (nSPS) is 21.8. The molecule has 0 saturated carbocycles. The molecule has 0 aromatic heterocycles. The molecule has 0 radical (unpaired) electrons. The highest BCUT2D eigenvalue weighted by Gasteiger charge is 2.17. The molecule has 0 amide bonds. The monoisotopic (exact) mass is 224 g/mol. The highest BCUT2D eigenvalue weighted by atomic mass is 15.2. The highest BCUT2D eigenvalue weighted by molar-refractivity contribution is 5.80. The van der Waals surface area contributed by atoms with E-state index in [2.05, 4.69) is 23.5 Å². The third-order valence-electron chi connectivity index (χ3n) is 3.39. The minimum Gasteiger partial charge on any atom is -0.344 e. The van der Waals surface area contributed by atoms with Crippen molar-refractivity contribution in [3.05, 3.63) is 0 Å². The van der Waals surface area contributed by atoms with Crippen LogP contribution >= 0.6 is 0 Å². The smallest absolute Gasteiger partial charge is 0.216 e. The topological polar surface area (TPSA) is 42.7 Å². The van der Waals surface area contributed by atoms with E-state index in [0.717, 1.165) is 25.6 Å². The number of likely N-dealkylation sites (tertiary alicyclic amines) is 1. The Balaban J connectivity index is 2.19. The number of piperidine rings is 1. The van der Waals surface area contributed by atoms with Crippen LogP contribution in [0.2, 0.25) is 0 Å². The second-order valence-electron chi connectivity index (χ2n) is 4.64. The standard InChI is InChI=1S/C12H24N4/c1-11-7-4-5-9-16(11)10-6-8-15(3)12(13)14-2/h11,13H,2,4-10H2,1,3H3. The van der Waals surface area contributed by atoms with Crippen molar-refractivity contribution in [2.45, 2.75) is 38.6 Å². The van der Waals surface area contributed by atoms with E-state index >= 15 is 0 Å². The van der Waals surface area contributed by atoms with Gasteiger partial charge < -0.3 is 9.80 Å². The molecule has 1 atom stereocenters. The van der Waals surface area contributed by atoms with Crippen LogP contribution in [-0.2, 0) is 0 Å². The average molecular weight is 224 g/mol. The first kappa shape index (κ1) is 13.2. The number of hydrogen-bond acceptors (Lipinski definition) is 2. The van der Waals surface area contributed by atoms with E-state index in [1.54, 1.807) is 0 Å². The number of guanidine groups is 1. The number of rotatable bonds is 4. The van der Waals surface area contributed by atoms with Crippen molar-refractivity contribution in [2.24, 2.45) is 4.99 Å². The summed E-state index contributed by atoms with van der Waals surface area (Å²) in [4.78, 5) is 8.02. The predicted octanol–water partition coefficient (Wildman–Crippen LogP) is 1.82. The van der Waals surface area contributed by atoms with Gasteiger partial charge >= 0.3 is 0 Å². The lowest BCUT2D eigenvalue weighted by Crippen LogP contribution is -2.39. The highest BCUT2D eigenvalue weighted by Crippen LogP contribution is 2.16. The van der Waals surface area contributed by atoms with Crippen LogP contribution in [0.15, 0.2) is 4.99 Å². The van der Waals surface area contributed by atoms with Crippen LogP contribution in [0.5, 0.6) is 0 Å². The number of hydrogen-bond donors (Lipinski definition) is 1. The molecule has 92 valence electrons. The number of aliphatic imine (C=N–C) groups is 1. The quantitative estimate of drug-likeness (QED) is 0.584. The molecule has 1 heterocycles. The summed E-state index contributed by atoms with van der Waals surface area (Å²) in [6.07, 6.45) is 5.14. The van der Waals surface area contributed by atoms with Gasteiger partial charge in [0, 0.05) is 26.2 Å². The first-order valence-corrected chi connectivity index (χ1v) is 6.15. The molecule has 1 saturated heterocycles. The largest absolute Gasteiger partial charge is 0.344 e. The Bertz CT molecular complexity index is 239. The van der Waals surface area contributed by atoms with Gasteiger partial charge in [0.05, 0.1) is 0 Å². The second-order valence-corrected chi connectivity index (χ2v) is 4.64. The van der Waals surface area contributed by atoms with E-state index in [4.69, 9.17) is 5.41 Å². The van der Waals surface area contributed by atoms with E-state index < -0.39 is 0 Å². The van der Waals surface area contributed by atoms with Crippen molar-refractivity contribution in [3.63, 3.8) is 0 Å². The summed E-state index contributed by atoms with van der Waals surface area (Å²) >= 11 is 0. The Hall–Kier alpha value is -0.900. The molecule has 4 nitrogen and oxygen atoms in total. The molecule has 1 unspecified atom stereocenters. The maximum Gasteiger partial charge on any atom is 0.216 e. The lowest BCUT2D eigenvalue weighted by Gasteiger charge is -2.33. The number of nitrogens with one attached hydrogen (secondary N) is 1. The molecule has 1 aliphatic rings. The SMILES string of the molecule is C=NC(=N)N(C)CCCN1CCCCC1C. The van der Waals surface area contributed by atoms with Gasteiger partial charge in [-0.05, 0) is 39.4 Å². The molecule has 16 heavy (non-hydrogen) atoms. The Morgan fingerprint density at radius 1 is 1.56 bits per heavy atom. The first-order valence-electron chi connectivity index (χ1n) is 6.15. The van der Waals surface area contributed by atoms with Crippen LogP contribution in [0, 0.1) is 5.41 Å². The lowest BCUT2D eigenvalue weighted by atomic mass is 10.0. The number of nitrogens with zero attached hydrogens (tertiary/aromatic N) is 3.